The summed E-state index contributed by atoms with van der Waals surface area (Å²) in [6.45, 7) is 4.34. The summed E-state index contributed by atoms with van der Waals surface area (Å²) in [5.41, 5.74) is 1.47. The van der Waals surface area contributed by atoms with Crippen LogP contribution in [0.3, 0.4) is 0 Å². The molecule has 0 saturated carbocycles. The van der Waals surface area contributed by atoms with E-state index in [2.05, 4.69) is 0 Å². The van der Waals surface area contributed by atoms with Crippen molar-refractivity contribution in [3.8, 4) is 0 Å². The van der Waals surface area contributed by atoms with Crippen LogP contribution in [0.5, 0.6) is 0 Å². The van der Waals surface area contributed by atoms with Gasteiger partial charge in [-0.05, 0) is 27.4 Å². The van der Waals surface area contributed by atoms with Crippen molar-refractivity contribution < 1.29 is 9.90 Å². The van der Waals surface area contributed by atoms with Crippen LogP contribution in [0.25, 0.3) is 0 Å². The van der Waals surface area contributed by atoms with Gasteiger partial charge in [-0.25, -0.2) is 4.79 Å². The van der Waals surface area contributed by atoms with Gasteiger partial charge >= 0.3 is 5.97 Å². The van der Waals surface area contributed by atoms with Gasteiger partial charge in [-0.15, -0.1) is 12.4 Å². The Bertz CT molecular complexity index is 200. The van der Waals surface area contributed by atoms with Crippen LogP contribution < -0.4 is 0 Å². The Kier molecular flexibility index (Phi) is 7.96. The molecule has 0 aromatic carbocycles. The van der Waals surface area contributed by atoms with Gasteiger partial charge in [0, 0.05) is 12.1 Å². The number of carboxylic acid groups (broad SMARTS) is 1. The Morgan fingerprint density at radius 3 is 2.08 bits per heavy atom. The Morgan fingerprint density at radius 2 is 1.85 bits per heavy atom. The summed E-state index contributed by atoms with van der Waals surface area (Å²) in [4.78, 5) is 12.6. The van der Waals surface area contributed by atoms with Crippen LogP contribution in [0.1, 0.15) is 20.3 Å². The molecular formula is C9H18ClNO2. The number of halogens is 1. The molecule has 0 aromatic heterocycles. The molecule has 1 N–H and O–H groups in total. The highest BCUT2D eigenvalue weighted by atomic mass is 35.5. The van der Waals surface area contributed by atoms with Gasteiger partial charge in [0.1, 0.15) is 0 Å². The molecule has 0 atom stereocenters. The van der Waals surface area contributed by atoms with Crippen molar-refractivity contribution in [1.82, 2.24) is 4.90 Å². The molecule has 0 aliphatic heterocycles. The number of carboxylic acids is 1. The summed E-state index contributed by atoms with van der Waals surface area (Å²) in [5, 5.41) is 8.84. The molecule has 0 fully saturated rings. The average molecular weight is 208 g/mol. The van der Waals surface area contributed by atoms with Crippen LogP contribution in [0.2, 0.25) is 0 Å². The van der Waals surface area contributed by atoms with Crippen molar-refractivity contribution in [1.29, 1.82) is 0 Å². The van der Waals surface area contributed by atoms with E-state index >= 15 is 0 Å². The quantitative estimate of drug-likeness (QED) is 0.715. The van der Waals surface area contributed by atoms with E-state index in [9.17, 15) is 4.79 Å². The molecule has 3 nitrogen and oxygen atoms in total. The maximum absolute atomic E-state index is 10.8. The highest BCUT2D eigenvalue weighted by Crippen LogP contribution is 2.08. The molecule has 0 saturated heterocycles. The molecule has 0 amide bonds. The van der Waals surface area contributed by atoms with Crippen LogP contribution in [0.15, 0.2) is 11.1 Å². The van der Waals surface area contributed by atoms with Gasteiger partial charge in [-0.1, -0.05) is 12.5 Å². The Balaban J connectivity index is 0. The molecule has 13 heavy (non-hydrogen) atoms. The van der Waals surface area contributed by atoms with E-state index in [0.717, 1.165) is 12.0 Å². The first-order chi connectivity index (χ1) is 5.49. The second-order valence-electron chi connectivity index (χ2n) is 3.16. The first kappa shape index (κ1) is 15.0. The van der Waals surface area contributed by atoms with E-state index in [1.54, 1.807) is 0 Å². The lowest BCUT2D eigenvalue weighted by atomic mass is 10.1. The molecule has 0 aliphatic carbocycles. The predicted molar refractivity (Wildman–Crippen MR) is 56.4 cm³/mol. The van der Waals surface area contributed by atoms with Gasteiger partial charge in [0.15, 0.2) is 0 Å². The van der Waals surface area contributed by atoms with E-state index in [-0.39, 0.29) is 12.4 Å². The van der Waals surface area contributed by atoms with Crippen LogP contribution in [0, 0.1) is 0 Å². The fourth-order valence-corrected chi connectivity index (χ4v) is 0.915. The fourth-order valence-electron chi connectivity index (χ4n) is 0.915. The van der Waals surface area contributed by atoms with Crippen LogP contribution in [-0.4, -0.2) is 36.6 Å². The SMILES string of the molecule is CCC(C)=C(CN(C)C)C(=O)O.Cl. The van der Waals surface area contributed by atoms with Crippen LogP contribution in [0.4, 0.5) is 0 Å². The van der Waals surface area contributed by atoms with E-state index in [1.165, 1.54) is 0 Å². The van der Waals surface area contributed by atoms with Crippen molar-refractivity contribution in [2.75, 3.05) is 20.6 Å². The minimum absolute atomic E-state index is 0. The third kappa shape index (κ3) is 5.66. The summed E-state index contributed by atoms with van der Waals surface area (Å²) in [6.07, 6.45) is 0.801. The number of nitrogens with zero attached hydrogens (tertiary/aromatic N) is 1. The van der Waals surface area contributed by atoms with Gasteiger partial charge in [0.2, 0.25) is 0 Å². The van der Waals surface area contributed by atoms with Gasteiger partial charge in [0.05, 0.1) is 0 Å². The van der Waals surface area contributed by atoms with Gasteiger partial charge < -0.3 is 10.0 Å². The molecule has 0 heterocycles. The molecule has 0 rings (SSSR count). The van der Waals surface area contributed by atoms with E-state index in [4.69, 9.17) is 5.11 Å². The third-order valence-electron chi connectivity index (χ3n) is 1.78. The number of aliphatic carboxylic acids is 1. The zero-order valence-electron chi connectivity index (χ0n) is 8.63. The lowest BCUT2D eigenvalue weighted by Gasteiger charge is -2.12. The van der Waals surface area contributed by atoms with Crippen molar-refractivity contribution in [3.05, 3.63) is 11.1 Å². The summed E-state index contributed by atoms with van der Waals surface area (Å²) in [6, 6.07) is 0. The number of carbonyl (C=O) groups is 1. The first-order valence-corrected chi connectivity index (χ1v) is 4.05. The van der Waals surface area contributed by atoms with E-state index < -0.39 is 5.97 Å². The number of allylic oxidation sites excluding steroid dienone is 1. The van der Waals surface area contributed by atoms with Crippen molar-refractivity contribution in [3.63, 3.8) is 0 Å². The molecule has 78 valence electrons. The Labute approximate surface area is 85.8 Å². The second kappa shape index (κ2) is 6.92. The summed E-state index contributed by atoms with van der Waals surface area (Å²) >= 11 is 0. The molecule has 0 radical (unpaired) electrons. The molecular weight excluding hydrogens is 190 g/mol. The Morgan fingerprint density at radius 1 is 1.38 bits per heavy atom. The number of likely N-dealkylation sites (N-methyl/N-ethyl adjacent to an activating group) is 1. The second-order valence-corrected chi connectivity index (χ2v) is 3.16. The highest BCUT2D eigenvalue weighted by Gasteiger charge is 2.10. The molecule has 0 unspecified atom stereocenters. The van der Waals surface area contributed by atoms with Crippen LogP contribution >= 0.6 is 12.4 Å². The predicted octanol–water partition coefficient (Wildman–Crippen LogP) is 1.78. The van der Waals surface area contributed by atoms with Crippen LogP contribution in [-0.2, 0) is 4.79 Å². The molecule has 0 spiro atoms. The maximum atomic E-state index is 10.8. The maximum Gasteiger partial charge on any atom is 0.332 e. The van der Waals surface area contributed by atoms with Crippen molar-refractivity contribution in [2.24, 2.45) is 0 Å². The summed E-state index contributed by atoms with van der Waals surface area (Å²) in [5.74, 6) is -0.803. The number of rotatable bonds is 4. The lowest BCUT2D eigenvalue weighted by Crippen LogP contribution is -2.20. The third-order valence-corrected chi connectivity index (χ3v) is 1.78. The normalized spacial score (nSPS) is 12.1. The van der Waals surface area contributed by atoms with Crippen molar-refractivity contribution >= 4 is 18.4 Å². The zero-order valence-corrected chi connectivity index (χ0v) is 9.44. The zero-order chi connectivity index (χ0) is 9.72. The standard InChI is InChI=1S/C9H17NO2.ClH/c1-5-7(2)8(9(11)12)6-10(3)4;/h5-6H2,1-4H3,(H,11,12);1H. The fraction of sp³-hybridized carbons (Fsp3) is 0.667. The largest absolute Gasteiger partial charge is 0.478 e. The topological polar surface area (TPSA) is 40.5 Å². The average Bonchev–Trinajstić information content (AvgIpc) is 1.98. The van der Waals surface area contributed by atoms with E-state index in [0.29, 0.717) is 12.1 Å². The lowest BCUT2D eigenvalue weighted by molar-refractivity contribution is -0.133. The minimum Gasteiger partial charge on any atom is -0.478 e. The van der Waals surface area contributed by atoms with Crippen molar-refractivity contribution in [2.45, 2.75) is 20.3 Å². The molecule has 0 aromatic rings. The highest BCUT2D eigenvalue weighted by molar-refractivity contribution is 5.87. The van der Waals surface area contributed by atoms with E-state index in [1.807, 2.05) is 32.8 Å². The van der Waals surface area contributed by atoms with Gasteiger partial charge in [-0.3, -0.25) is 0 Å². The number of hydrogen-bond acceptors (Lipinski definition) is 2. The van der Waals surface area contributed by atoms with Gasteiger partial charge in [0.25, 0.3) is 0 Å². The monoisotopic (exact) mass is 207 g/mol. The minimum atomic E-state index is -0.803. The number of hydrogen-bond donors (Lipinski definition) is 1. The van der Waals surface area contributed by atoms with Gasteiger partial charge in [-0.2, -0.15) is 0 Å². The summed E-state index contributed by atoms with van der Waals surface area (Å²) in [7, 11) is 3.73. The molecule has 0 aliphatic rings. The molecule has 4 heteroatoms. The summed E-state index contributed by atoms with van der Waals surface area (Å²) < 4.78 is 0. The smallest absolute Gasteiger partial charge is 0.332 e. The molecule has 0 bridgehead atoms. The first-order valence-electron chi connectivity index (χ1n) is 4.05. The Hall–Kier alpha value is -0.540.